The number of hydrogen-bond acceptors (Lipinski definition) is 5. The lowest BCUT2D eigenvalue weighted by Gasteiger charge is -2.13. The van der Waals surface area contributed by atoms with E-state index in [1.807, 2.05) is 0 Å². The summed E-state index contributed by atoms with van der Waals surface area (Å²) in [5.74, 6) is -0.269. The molecule has 0 spiro atoms. The quantitative estimate of drug-likeness (QED) is 0.818. The van der Waals surface area contributed by atoms with E-state index in [1.54, 1.807) is 11.5 Å². The second-order valence-corrected chi connectivity index (χ2v) is 8.57. The maximum atomic E-state index is 13.0. The van der Waals surface area contributed by atoms with Crippen LogP contribution in [-0.2, 0) is 17.8 Å². The summed E-state index contributed by atoms with van der Waals surface area (Å²) in [5.41, 5.74) is 0.512. The number of carbonyl (C=O) groups excluding carboxylic acids is 1. The van der Waals surface area contributed by atoms with Gasteiger partial charge in [-0.15, -0.1) is 11.3 Å². The van der Waals surface area contributed by atoms with E-state index < -0.39 is 17.9 Å². The molecular weight excluding hydrogens is 366 g/mol. The third kappa shape index (κ3) is 3.50. The summed E-state index contributed by atoms with van der Waals surface area (Å²) < 4.78 is 1.74. The Balaban J connectivity index is 1.68. The van der Waals surface area contributed by atoms with Gasteiger partial charge < -0.3 is 10.4 Å². The molecule has 0 radical (unpaired) electrons. The second-order valence-electron chi connectivity index (χ2n) is 7.58. The predicted octanol–water partition coefficient (Wildman–Crippen LogP) is 2.48. The number of carbonyl (C=O) groups is 2. The minimum atomic E-state index is -1.01. The van der Waals surface area contributed by atoms with Gasteiger partial charge in [0.05, 0.1) is 10.3 Å². The van der Waals surface area contributed by atoms with E-state index in [0.29, 0.717) is 39.5 Å². The van der Waals surface area contributed by atoms with Crippen LogP contribution in [0.15, 0.2) is 4.79 Å². The minimum Gasteiger partial charge on any atom is -0.480 e. The van der Waals surface area contributed by atoms with E-state index in [9.17, 15) is 19.5 Å². The van der Waals surface area contributed by atoms with Gasteiger partial charge in [-0.05, 0) is 37.7 Å². The summed E-state index contributed by atoms with van der Waals surface area (Å²) in [6.45, 7) is 2.41. The average Bonchev–Trinajstić information content (AvgIpc) is 3.40. The van der Waals surface area contributed by atoms with Crippen LogP contribution in [0.2, 0.25) is 0 Å². The Hall–Kier alpha value is -2.22. The molecule has 0 aromatic carbocycles. The monoisotopic (exact) mass is 389 g/mol. The zero-order chi connectivity index (χ0) is 19.1. The molecule has 1 unspecified atom stereocenters. The predicted molar refractivity (Wildman–Crippen MR) is 102 cm³/mol. The molecule has 144 valence electrons. The minimum absolute atomic E-state index is 0.0857. The summed E-state index contributed by atoms with van der Waals surface area (Å²) >= 11 is 1.18. The molecule has 27 heavy (non-hydrogen) atoms. The lowest BCUT2D eigenvalue weighted by molar-refractivity contribution is -0.139. The van der Waals surface area contributed by atoms with Gasteiger partial charge in [-0.1, -0.05) is 19.3 Å². The molecule has 0 bridgehead atoms. The van der Waals surface area contributed by atoms with Crippen molar-refractivity contribution in [3.05, 3.63) is 26.6 Å². The lowest BCUT2D eigenvalue weighted by Crippen LogP contribution is -2.41. The van der Waals surface area contributed by atoms with E-state index in [1.165, 1.54) is 11.3 Å². The highest BCUT2D eigenvalue weighted by atomic mass is 32.1. The molecule has 1 atom stereocenters. The van der Waals surface area contributed by atoms with E-state index in [2.05, 4.69) is 10.3 Å². The van der Waals surface area contributed by atoms with Crippen LogP contribution in [0.5, 0.6) is 0 Å². The van der Waals surface area contributed by atoms with Gasteiger partial charge in [0.1, 0.15) is 16.7 Å². The van der Waals surface area contributed by atoms with Crippen LogP contribution in [0.25, 0.3) is 10.2 Å². The summed E-state index contributed by atoms with van der Waals surface area (Å²) in [6, 6.07) is -0.889. The Labute approximate surface area is 160 Å². The Morgan fingerprint density at radius 1 is 1.33 bits per heavy atom. The van der Waals surface area contributed by atoms with Crippen LogP contribution >= 0.6 is 11.3 Å². The van der Waals surface area contributed by atoms with Crippen LogP contribution in [0.3, 0.4) is 0 Å². The molecular formula is C19H23N3O4S. The molecule has 3 heterocycles. The molecule has 1 saturated carbocycles. The molecule has 2 aliphatic rings. The molecule has 1 aliphatic heterocycles. The van der Waals surface area contributed by atoms with Crippen LogP contribution in [0.1, 0.15) is 59.6 Å². The number of thiophene rings is 1. The molecule has 4 rings (SSSR count). The Kier molecular flexibility index (Phi) is 4.75. The standard InChI is InChI=1S/C19H23N3O4S/c1-10-14-17(21-13-5-3-2-4-8-22(13)18(14)24)27-15(10)16(23)20-12(19(25)26)9-11-6-7-11/h11-12H,2-9H2,1H3,(H,20,23)(H,25,26). The fraction of sp³-hybridized carbons (Fsp3) is 0.579. The van der Waals surface area contributed by atoms with E-state index in [-0.39, 0.29) is 5.56 Å². The Bertz CT molecular complexity index is 973. The second kappa shape index (κ2) is 7.07. The molecule has 2 aromatic rings. The van der Waals surface area contributed by atoms with E-state index in [0.717, 1.165) is 44.3 Å². The third-order valence-electron chi connectivity index (χ3n) is 5.49. The number of nitrogens with one attached hydrogen (secondary N) is 1. The normalized spacial score (nSPS) is 18.0. The van der Waals surface area contributed by atoms with Gasteiger partial charge in [0, 0.05) is 13.0 Å². The zero-order valence-corrected chi connectivity index (χ0v) is 16.1. The van der Waals surface area contributed by atoms with Crippen molar-refractivity contribution >= 4 is 33.4 Å². The Morgan fingerprint density at radius 3 is 2.81 bits per heavy atom. The smallest absolute Gasteiger partial charge is 0.326 e. The number of aromatic nitrogens is 2. The van der Waals surface area contributed by atoms with Crippen molar-refractivity contribution in [2.75, 3.05) is 0 Å². The number of rotatable bonds is 5. The highest BCUT2D eigenvalue weighted by Gasteiger charge is 2.31. The first kappa shape index (κ1) is 18.2. The van der Waals surface area contributed by atoms with Crippen molar-refractivity contribution < 1.29 is 14.7 Å². The van der Waals surface area contributed by atoms with Crippen molar-refractivity contribution in [2.45, 2.75) is 64.5 Å². The number of aliphatic carboxylic acids is 1. The molecule has 1 fully saturated rings. The van der Waals surface area contributed by atoms with Crippen LogP contribution < -0.4 is 10.9 Å². The molecule has 0 saturated heterocycles. The third-order valence-corrected chi connectivity index (χ3v) is 6.67. The molecule has 1 amide bonds. The van der Waals surface area contributed by atoms with E-state index >= 15 is 0 Å². The zero-order valence-electron chi connectivity index (χ0n) is 15.3. The van der Waals surface area contributed by atoms with Gasteiger partial charge in [0.15, 0.2) is 0 Å². The van der Waals surface area contributed by atoms with Crippen molar-refractivity contribution in [2.24, 2.45) is 5.92 Å². The highest BCUT2D eigenvalue weighted by molar-refractivity contribution is 7.20. The summed E-state index contributed by atoms with van der Waals surface area (Å²) in [7, 11) is 0. The van der Waals surface area contributed by atoms with Gasteiger partial charge in [0.25, 0.3) is 11.5 Å². The number of carboxylic acids is 1. The van der Waals surface area contributed by atoms with Crippen molar-refractivity contribution in [3.63, 3.8) is 0 Å². The van der Waals surface area contributed by atoms with Gasteiger partial charge in [-0.2, -0.15) is 0 Å². The fourth-order valence-corrected chi connectivity index (χ4v) is 4.85. The highest BCUT2D eigenvalue weighted by Crippen LogP contribution is 2.34. The van der Waals surface area contributed by atoms with Gasteiger partial charge in [0.2, 0.25) is 0 Å². The average molecular weight is 389 g/mol. The Morgan fingerprint density at radius 2 is 2.11 bits per heavy atom. The van der Waals surface area contributed by atoms with Crippen LogP contribution in [0.4, 0.5) is 0 Å². The molecule has 8 heteroatoms. The number of amides is 1. The number of carboxylic acid groups (broad SMARTS) is 1. The number of nitrogens with zero attached hydrogens (tertiary/aromatic N) is 2. The summed E-state index contributed by atoms with van der Waals surface area (Å²) in [5, 5.41) is 12.5. The molecule has 2 N–H and O–H groups in total. The number of aryl methyl sites for hydroxylation is 2. The van der Waals surface area contributed by atoms with Gasteiger partial charge in [-0.3, -0.25) is 14.2 Å². The maximum Gasteiger partial charge on any atom is 0.326 e. The topological polar surface area (TPSA) is 101 Å². The van der Waals surface area contributed by atoms with Crippen LogP contribution in [-0.4, -0.2) is 32.6 Å². The summed E-state index contributed by atoms with van der Waals surface area (Å²) in [4.78, 5) is 42.8. The van der Waals surface area contributed by atoms with Crippen molar-refractivity contribution in [3.8, 4) is 0 Å². The first-order valence-corrected chi connectivity index (χ1v) is 10.3. The fourth-order valence-electron chi connectivity index (χ4n) is 3.76. The van der Waals surface area contributed by atoms with Crippen LogP contribution in [0, 0.1) is 12.8 Å². The SMILES string of the molecule is Cc1c(C(=O)NC(CC2CC2)C(=O)O)sc2nc3n(c(=O)c12)CCCCC3. The number of fused-ring (bicyclic) bond motifs is 2. The lowest BCUT2D eigenvalue weighted by atomic mass is 10.1. The maximum absolute atomic E-state index is 13.0. The molecule has 7 nitrogen and oxygen atoms in total. The van der Waals surface area contributed by atoms with Crippen molar-refractivity contribution in [1.29, 1.82) is 0 Å². The van der Waals surface area contributed by atoms with Gasteiger partial charge >= 0.3 is 5.97 Å². The van der Waals surface area contributed by atoms with E-state index in [4.69, 9.17) is 0 Å². The number of hydrogen-bond donors (Lipinski definition) is 2. The largest absolute Gasteiger partial charge is 0.480 e. The van der Waals surface area contributed by atoms with Gasteiger partial charge in [-0.25, -0.2) is 9.78 Å². The first-order valence-electron chi connectivity index (χ1n) is 9.52. The first-order chi connectivity index (χ1) is 13.0. The summed E-state index contributed by atoms with van der Waals surface area (Å²) in [6.07, 6.45) is 6.32. The van der Waals surface area contributed by atoms with Crippen molar-refractivity contribution in [1.82, 2.24) is 14.9 Å². The molecule has 2 aromatic heterocycles. The molecule has 1 aliphatic carbocycles.